The van der Waals surface area contributed by atoms with Gasteiger partial charge in [-0.15, -0.1) is 21.5 Å². The number of hydrogen-bond donors (Lipinski definition) is 1. The minimum atomic E-state index is -0.243. The number of amides is 1. The number of aryl methyl sites for hydroxylation is 2. The third-order valence-corrected chi connectivity index (χ3v) is 5.05. The maximum absolute atomic E-state index is 12.6. The SMILES string of the molecule is CCCc1nnc(NC(=O)c2nc(C)sc2-c2ccccc2)s1. The molecule has 1 amide bonds. The van der Waals surface area contributed by atoms with E-state index in [9.17, 15) is 4.79 Å². The number of benzene rings is 1. The van der Waals surface area contributed by atoms with Crippen LogP contribution in [0.25, 0.3) is 10.4 Å². The van der Waals surface area contributed by atoms with Crippen LogP contribution in [0.4, 0.5) is 5.13 Å². The zero-order valence-electron chi connectivity index (χ0n) is 12.9. The summed E-state index contributed by atoms with van der Waals surface area (Å²) in [5, 5.41) is 13.2. The Morgan fingerprint density at radius 3 is 2.70 bits per heavy atom. The van der Waals surface area contributed by atoms with Crippen LogP contribution in [0.1, 0.15) is 33.8 Å². The van der Waals surface area contributed by atoms with Crippen molar-refractivity contribution in [3.8, 4) is 10.4 Å². The van der Waals surface area contributed by atoms with Crippen molar-refractivity contribution in [2.75, 3.05) is 5.32 Å². The summed E-state index contributed by atoms with van der Waals surface area (Å²) in [6, 6.07) is 9.82. The predicted octanol–water partition coefficient (Wildman–Crippen LogP) is 4.17. The Hall–Kier alpha value is -2.12. The van der Waals surface area contributed by atoms with Crippen LogP contribution in [-0.2, 0) is 6.42 Å². The molecule has 0 unspecified atom stereocenters. The molecule has 0 atom stereocenters. The molecule has 0 aliphatic carbocycles. The van der Waals surface area contributed by atoms with Gasteiger partial charge in [-0.2, -0.15) is 0 Å². The third kappa shape index (κ3) is 3.62. The summed E-state index contributed by atoms with van der Waals surface area (Å²) in [6.07, 6.45) is 1.88. The highest BCUT2D eigenvalue weighted by molar-refractivity contribution is 7.16. The molecule has 7 heteroatoms. The van der Waals surface area contributed by atoms with Crippen LogP contribution in [0.15, 0.2) is 30.3 Å². The van der Waals surface area contributed by atoms with Crippen LogP contribution < -0.4 is 5.32 Å². The number of carbonyl (C=O) groups excluding carboxylic acids is 1. The van der Waals surface area contributed by atoms with Gasteiger partial charge < -0.3 is 0 Å². The van der Waals surface area contributed by atoms with Gasteiger partial charge in [0, 0.05) is 6.42 Å². The normalized spacial score (nSPS) is 10.7. The maximum Gasteiger partial charge on any atom is 0.277 e. The molecule has 1 aromatic carbocycles. The Bertz CT molecular complexity index is 811. The monoisotopic (exact) mass is 344 g/mol. The highest BCUT2D eigenvalue weighted by atomic mass is 32.1. The largest absolute Gasteiger partial charge is 0.295 e. The minimum absolute atomic E-state index is 0.243. The topological polar surface area (TPSA) is 67.8 Å². The van der Waals surface area contributed by atoms with Crippen LogP contribution in [-0.4, -0.2) is 21.1 Å². The van der Waals surface area contributed by atoms with E-state index in [1.165, 1.54) is 22.7 Å². The van der Waals surface area contributed by atoms with Gasteiger partial charge in [-0.25, -0.2) is 4.98 Å². The molecule has 23 heavy (non-hydrogen) atoms. The van der Waals surface area contributed by atoms with Gasteiger partial charge in [0.25, 0.3) is 5.91 Å². The van der Waals surface area contributed by atoms with Crippen LogP contribution in [0.2, 0.25) is 0 Å². The number of nitrogens with one attached hydrogen (secondary N) is 1. The van der Waals surface area contributed by atoms with E-state index in [-0.39, 0.29) is 5.91 Å². The van der Waals surface area contributed by atoms with Gasteiger partial charge in [0.05, 0.1) is 9.88 Å². The maximum atomic E-state index is 12.6. The molecule has 0 radical (unpaired) electrons. The average Bonchev–Trinajstić information content (AvgIpc) is 3.15. The number of thiazole rings is 1. The first-order valence-electron chi connectivity index (χ1n) is 7.34. The van der Waals surface area contributed by atoms with E-state index >= 15 is 0 Å². The zero-order valence-corrected chi connectivity index (χ0v) is 14.5. The summed E-state index contributed by atoms with van der Waals surface area (Å²) >= 11 is 2.93. The lowest BCUT2D eigenvalue weighted by Gasteiger charge is -2.02. The summed E-state index contributed by atoms with van der Waals surface area (Å²) < 4.78 is 0. The van der Waals surface area contributed by atoms with Crippen molar-refractivity contribution in [2.45, 2.75) is 26.7 Å². The van der Waals surface area contributed by atoms with Gasteiger partial charge in [0.2, 0.25) is 5.13 Å². The second-order valence-corrected chi connectivity index (χ2v) is 7.25. The second kappa shape index (κ2) is 6.97. The quantitative estimate of drug-likeness (QED) is 0.754. The Labute approximate surface area is 142 Å². The molecular formula is C16H16N4OS2. The molecule has 2 aromatic heterocycles. The fourth-order valence-corrected chi connectivity index (χ4v) is 3.90. The van der Waals surface area contributed by atoms with Crippen molar-refractivity contribution in [3.63, 3.8) is 0 Å². The number of nitrogens with zero attached hydrogens (tertiary/aromatic N) is 3. The molecule has 0 aliphatic rings. The molecule has 2 heterocycles. The summed E-state index contributed by atoms with van der Waals surface area (Å²) in [6.45, 7) is 3.99. The van der Waals surface area contributed by atoms with Crippen LogP contribution in [0.5, 0.6) is 0 Å². The van der Waals surface area contributed by atoms with E-state index in [2.05, 4.69) is 27.4 Å². The van der Waals surface area contributed by atoms with E-state index < -0.39 is 0 Å². The summed E-state index contributed by atoms with van der Waals surface area (Å²) in [5.41, 5.74) is 1.43. The van der Waals surface area contributed by atoms with Gasteiger partial charge in [0.1, 0.15) is 10.7 Å². The van der Waals surface area contributed by atoms with E-state index in [0.717, 1.165) is 33.3 Å². The molecular weight excluding hydrogens is 328 g/mol. The van der Waals surface area contributed by atoms with Crippen molar-refractivity contribution >= 4 is 33.7 Å². The molecule has 0 spiro atoms. The number of aromatic nitrogens is 3. The first-order valence-corrected chi connectivity index (χ1v) is 8.97. The standard InChI is InChI=1S/C16H16N4OS2/c1-3-7-12-19-20-16(23-12)18-15(21)13-14(22-10(2)17-13)11-8-5-4-6-9-11/h4-6,8-9H,3,7H2,1-2H3,(H,18,20,21). The van der Waals surface area contributed by atoms with Crippen molar-refractivity contribution in [3.05, 3.63) is 46.0 Å². The molecule has 0 fully saturated rings. The number of hydrogen-bond acceptors (Lipinski definition) is 6. The fourth-order valence-electron chi connectivity index (χ4n) is 2.14. The van der Waals surface area contributed by atoms with Crippen LogP contribution in [0, 0.1) is 6.92 Å². The van der Waals surface area contributed by atoms with Gasteiger partial charge >= 0.3 is 0 Å². The summed E-state index contributed by atoms with van der Waals surface area (Å²) in [5.74, 6) is -0.243. The highest BCUT2D eigenvalue weighted by Crippen LogP contribution is 2.30. The molecule has 3 aromatic rings. The molecule has 0 saturated carbocycles. The van der Waals surface area contributed by atoms with Gasteiger partial charge in [0.15, 0.2) is 0 Å². The molecule has 1 N–H and O–H groups in total. The zero-order chi connectivity index (χ0) is 16.2. The Kier molecular flexibility index (Phi) is 4.78. The van der Waals surface area contributed by atoms with Gasteiger partial charge in [-0.05, 0) is 18.9 Å². The molecule has 0 aliphatic heterocycles. The highest BCUT2D eigenvalue weighted by Gasteiger charge is 2.19. The number of rotatable bonds is 5. The van der Waals surface area contributed by atoms with E-state index in [0.29, 0.717) is 10.8 Å². The summed E-state index contributed by atoms with van der Waals surface area (Å²) in [4.78, 5) is 17.8. The van der Waals surface area contributed by atoms with E-state index in [1.54, 1.807) is 0 Å². The van der Waals surface area contributed by atoms with Crippen molar-refractivity contribution < 1.29 is 4.79 Å². The Morgan fingerprint density at radius 1 is 1.17 bits per heavy atom. The third-order valence-electron chi connectivity index (χ3n) is 3.14. The molecule has 5 nitrogen and oxygen atoms in total. The lowest BCUT2D eigenvalue weighted by Crippen LogP contribution is -2.13. The number of anilines is 1. The number of carbonyl (C=O) groups is 1. The van der Waals surface area contributed by atoms with Crippen LogP contribution in [0.3, 0.4) is 0 Å². The van der Waals surface area contributed by atoms with E-state index in [4.69, 9.17) is 0 Å². The van der Waals surface area contributed by atoms with Crippen molar-refractivity contribution in [2.24, 2.45) is 0 Å². The molecule has 0 bridgehead atoms. The van der Waals surface area contributed by atoms with E-state index in [1.807, 2.05) is 37.3 Å². The predicted molar refractivity (Wildman–Crippen MR) is 94.1 cm³/mol. The average molecular weight is 344 g/mol. The Morgan fingerprint density at radius 2 is 1.96 bits per heavy atom. The van der Waals surface area contributed by atoms with Gasteiger partial charge in [-0.1, -0.05) is 48.6 Å². The summed E-state index contributed by atoms with van der Waals surface area (Å²) in [7, 11) is 0. The lowest BCUT2D eigenvalue weighted by molar-refractivity contribution is 0.102. The molecule has 0 saturated heterocycles. The lowest BCUT2D eigenvalue weighted by atomic mass is 10.1. The smallest absolute Gasteiger partial charge is 0.277 e. The first kappa shape index (κ1) is 15.8. The fraction of sp³-hybridized carbons (Fsp3) is 0.250. The minimum Gasteiger partial charge on any atom is -0.295 e. The first-order chi connectivity index (χ1) is 11.2. The second-order valence-electron chi connectivity index (χ2n) is 4.98. The van der Waals surface area contributed by atoms with Gasteiger partial charge in [-0.3, -0.25) is 10.1 Å². The Balaban J connectivity index is 1.85. The molecule has 118 valence electrons. The van der Waals surface area contributed by atoms with Crippen molar-refractivity contribution in [1.82, 2.24) is 15.2 Å². The van der Waals surface area contributed by atoms with Crippen molar-refractivity contribution in [1.29, 1.82) is 0 Å². The molecule has 3 rings (SSSR count). The van der Waals surface area contributed by atoms with Crippen LogP contribution >= 0.6 is 22.7 Å².